The van der Waals surface area contributed by atoms with Gasteiger partial charge < -0.3 is 0 Å². The number of nitrogens with two attached hydrogens (primary N) is 1. The Morgan fingerprint density at radius 3 is 2.36 bits per heavy atom. The Kier molecular flexibility index (Phi) is 3.33. The lowest BCUT2D eigenvalue weighted by atomic mass is 10.3. The summed E-state index contributed by atoms with van der Waals surface area (Å²) >= 11 is 10.9. The number of hydrogen-bond donors (Lipinski definition) is 2. The van der Waals surface area contributed by atoms with E-state index in [1.807, 2.05) is 0 Å². The third-order valence-corrected chi connectivity index (χ3v) is 3.64. The van der Waals surface area contributed by atoms with Crippen LogP contribution in [0.15, 0.2) is 17.0 Å². The van der Waals surface area contributed by atoms with E-state index in [1.165, 1.54) is 0 Å². The van der Waals surface area contributed by atoms with E-state index in [0.29, 0.717) is 0 Å². The Labute approximate surface area is 89.8 Å². The third kappa shape index (κ3) is 1.99. The number of nitrogens with one attached hydrogen (secondary N) is 1. The van der Waals surface area contributed by atoms with Crippen molar-refractivity contribution in [2.24, 2.45) is 5.84 Å². The zero-order valence-electron chi connectivity index (χ0n) is 6.59. The summed E-state index contributed by atoms with van der Waals surface area (Å²) < 4.78 is 35.2. The molecular formula is C6H5Cl2FN2O2S. The number of rotatable bonds is 2. The molecular weight excluding hydrogens is 254 g/mol. The molecule has 1 aromatic carbocycles. The Morgan fingerprint density at radius 1 is 1.29 bits per heavy atom. The quantitative estimate of drug-likeness (QED) is 0.477. The van der Waals surface area contributed by atoms with E-state index in [2.05, 4.69) is 0 Å². The largest absolute Gasteiger partial charge is 0.257 e. The molecule has 0 aliphatic carbocycles. The number of hydrazine groups is 1. The highest BCUT2D eigenvalue weighted by atomic mass is 35.5. The molecule has 0 atom stereocenters. The molecule has 0 amide bonds. The molecule has 0 saturated carbocycles. The highest BCUT2D eigenvalue weighted by Crippen LogP contribution is 2.30. The van der Waals surface area contributed by atoms with Gasteiger partial charge in [0.05, 0.1) is 10.0 Å². The average molecular weight is 259 g/mol. The van der Waals surface area contributed by atoms with E-state index in [0.717, 1.165) is 12.1 Å². The van der Waals surface area contributed by atoms with Crippen LogP contribution in [0.2, 0.25) is 10.0 Å². The molecule has 14 heavy (non-hydrogen) atoms. The molecule has 0 heterocycles. The standard InChI is InChI=1S/C6H5Cl2FN2O2S/c7-5-3(9)1-2-4(6(5)8)14(12,13)11-10/h1-2,11H,10H2. The van der Waals surface area contributed by atoms with Gasteiger partial charge in [-0.1, -0.05) is 23.2 Å². The lowest BCUT2D eigenvalue weighted by Gasteiger charge is -2.05. The fourth-order valence-corrected chi connectivity index (χ4v) is 2.17. The second-order valence-electron chi connectivity index (χ2n) is 2.29. The van der Waals surface area contributed by atoms with Crippen molar-refractivity contribution < 1.29 is 12.8 Å². The van der Waals surface area contributed by atoms with E-state index in [1.54, 1.807) is 4.83 Å². The third-order valence-electron chi connectivity index (χ3n) is 1.44. The zero-order chi connectivity index (χ0) is 10.9. The summed E-state index contributed by atoms with van der Waals surface area (Å²) in [6, 6.07) is 1.86. The van der Waals surface area contributed by atoms with E-state index in [9.17, 15) is 12.8 Å². The molecule has 3 N–H and O–H groups in total. The van der Waals surface area contributed by atoms with Gasteiger partial charge in [-0.05, 0) is 12.1 Å². The van der Waals surface area contributed by atoms with Crippen molar-refractivity contribution in [1.29, 1.82) is 0 Å². The van der Waals surface area contributed by atoms with Crippen molar-refractivity contribution in [3.05, 3.63) is 28.0 Å². The number of sulfonamides is 1. The van der Waals surface area contributed by atoms with Crippen LogP contribution in [0, 0.1) is 5.82 Å². The maximum Gasteiger partial charge on any atom is 0.254 e. The van der Waals surface area contributed by atoms with Crippen molar-refractivity contribution in [2.75, 3.05) is 0 Å². The lowest BCUT2D eigenvalue weighted by Crippen LogP contribution is -2.30. The molecule has 1 rings (SSSR count). The summed E-state index contributed by atoms with van der Waals surface area (Å²) in [4.78, 5) is 1.18. The van der Waals surface area contributed by atoms with Crippen LogP contribution < -0.4 is 10.7 Å². The molecule has 0 aromatic heterocycles. The minimum absolute atomic E-state index is 0.368. The van der Waals surface area contributed by atoms with Crippen molar-refractivity contribution in [2.45, 2.75) is 4.90 Å². The molecule has 0 unspecified atom stereocenters. The summed E-state index contributed by atoms with van der Waals surface area (Å²) in [6.07, 6.45) is 0. The molecule has 4 nitrogen and oxygen atoms in total. The number of halogens is 3. The first kappa shape index (κ1) is 11.7. The van der Waals surface area contributed by atoms with E-state index < -0.39 is 25.9 Å². The Bertz CT molecular complexity index is 463. The number of hydrogen-bond acceptors (Lipinski definition) is 3. The zero-order valence-corrected chi connectivity index (χ0v) is 8.92. The van der Waals surface area contributed by atoms with Crippen LogP contribution >= 0.6 is 23.2 Å². The highest BCUT2D eigenvalue weighted by molar-refractivity contribution is 7.89. The summed E-state index contributed by atoms with van der Waals surface area (Å²) in [5.74, 6) is 3.96. The molecule has 0 bridgehead atoms. The van der Waals surface area contributed by atoms with Gasteiger partial charge >= 0.3 is 0 Å². The molecule has 0 spiro atoms. The lowest BCUT2D eigenvalue weighted by molar-refractivity contribution is 0.583. The molecule has 0 aliphatic rings. The maximum absolute atomic E-state index is 12.8. The van der Waals surface area contributed by atoms with E-state index in [4.69, 9.17) is 29.0 Å². The van der Waals surface area contributed by atoms with Gasteiger partial charge in [0, 0.05) is 0 Å². The number of benzene rings is 1. The molecule has 0 aliphatic heterocycles. The Hall–Kier alpha value is -0.400. The van der Waals surface area contributed by atoms with Crippen LogP contribution in [0.4, 0.5) is 4.39 Å². The van der Waals surface area contributed by atoms with Crippen molar-refractivity contribution in [1.82, 2.24) is 4.83 Å². The van der Waals surface area contributed by atoms with Crippen molar-refractivity contribution >= 4 is 33.2 Å². The average Bonchev–Trinajstić information content (AvgIpc) is 2.14. The Balaban J connectivity index is 3.47. The maximum atomic E-state index is 12.8. The molecule has 0 radical (unpaired) electrons. The fourth-order valence-electron chi connectivity index (χ4n) is 0.779. The first-order valence-electron chi connectivity index (χ1n) is 3.26. The van der Waals surface area contributed by atoms with E-state index in [-0.39, 0.29) is 4.90 Å². The topological polar surface area (TPSA) is 72.2 Å². The molecule has 1 aromatic rings. The summed E-state index contributed by atoms with van der Waals surface area (Å²) in [7, 11) is -3.92. The van der Waals surface area contributed by atoms with Gasteiger partial charge in [0.1, 0.15) is 10.7 Å². The van der Waals surface area contributed by atoms with Crippen LogP contribution in [0.3, 0.4) is 0 Å². The van der Waals surface area contributed by atoms with Gasteiger partial charge in [0.15, 0.2) is 0 Å². The predicted molar refractivity (Wildman–Crippen MR) is 50.9 cm³/mol. The van der Waals surface area contributed by atoms with Crippen LogP contribution in [0.1, 0.15) is 0 Å². The molecule has 0 fully saturated rings. The van der Waals surface area contributed by atoms with Gasteiger partial charge in [0.2, 0.25) is 0 Å². The van der Waals surface area contributed by atoms with Gasteiger partial charge in [-0.15, -0.1) is 0 Å². The first-order valence-corrected chi connectivity index (χ1v) is 5.50. The van der Waals surface area contributed by atoms with Crippen LogP contribution in [-0.4, -0.2) is 8.42 Å². The second-order valence-corrected chi connectivity index (χ2v) is 4.73. The Morgan fingerprint density at radius 2 is 1.86 bits per heavy atom. The smallest absolute Gasteiger partial charge is 0.254 e. The first-order chi connectivity index (χ1) is 6.40. The van der Waals surface area contributed by atoms with Gasteiger partial charge in [-0.25, -0.2) is 12.8 Å². The van der Waals surface area contributed by atoms with Crippen molar-refractivity contribution in [3.8, 4) is 0 Å². The summed E-state index contributed by atoms with van der Waals surface area (Å²) in [6.45, 7) is 0. The second kappa shape index (κ2) is 4.00. The molecule has 78 valence electrons. The normalized spacial score (nSPS) is 11.7. The summed E-state index contributed by atoms with van der Waals surface area (Å²) in [5.41, 5.74) is 0. The van der Waals surface area contributed by atoms with Gasteiger partial charge in [-0.2, -0.15) is 4.83 Å². The SMILES string of the molecule is NNS(=O)(=O)c1ccc(F)c(Cl)c1Cl. The highest BCUT2D eigenvalue weighted by Gasteiger charge is 2.19. The summed E-state index contributed by atoms with van der Waals surface area (Å²) in [5, 5.41) is -0.854. The van der Waals surface area contributed by atoms with E-state index >= 15 is 0 Å². The van der Waals surface area contributed by atoms with Crippen LogP contribution in [0.25, 0.3) is 0 Å². The van der Waals surface area contributed by atoms with Crippen LogP contribution in [-0.2, 0) is 10.0 Å². The molecule has 0 saturated heterocycles. The van der Waals surface area contributed by atoms with Gasteiger partial charge in [0.25, 0.3) is 10.0 Å². The molecule has 8 heteroatoms. The van der Waals surface area contributed by atoms with Crippen LogP contribution in [0.5, 0.6) is 0 Å². The predicted octanol–water partition coefficient (Wildman–Crippen LogP) is 1.28. The minimum atomic E-state index is -3.92. The van der Waals surface area contributed by atoms with Crippen molar-refractivity contribution in [3.63, 3.8) is 0 Å². The monoisotopic (exact) mass is 258 g/mol. The van der Waals surface area contributed by atoms with Gasteiger partial charge in [-0.3, -0.25) is 5.84 Å². The minimum Gasteiger partial charge on any atom is -0.257 e. The fraction of sp³-hybridized carbons (Fsp3) is 0.